The molecule has 0 bridgehead atoms. The molecule has 258 valence electrons. The molecule has 0 aromatic carbocycles. The van der Waals surface area contributed by atoms with E-state index in [1.165, 1.54) is 19.9 Å². The van der Waals surface area contributed by atoms with Gasteiger partial charge in [-0.05, 0) is 13.8 Å². The third kappa shape index (κ3) is 178. The minimum atomic E-state index is -1.26. The fourth-order valence-corrected chi connectivity index (χ4v) is 0.428. The summed E-state index contributed by atoms with van der Waals surface area (Å²) in [4.78, 5) is 85.4. The van der Waals surface area contributed by atoms with Gasteiger partial charge in [0.05, 0.1) is 6.58 Å². The van der Waals surface area contributed by atoms with Crippen LogP contribution in [0.15, 0.2) is 79.5 Å². The first-order valence-electron chi connectivity index (χ1n) is 10.7. The van der Waals surface area contributed by atoms with Crippen LogP contribution in [0.3, 0.4) is 0 Å². The maximum atomic E-state index is 9.60. The van der Waals surface area contributed by atoms with Crippen LogP contribution >= 0.6 is 0 Å². The summed E-state index contributed by atoms with van der Waals surface area (Å²) in [6, 6.07) is 0. The molecule has 23 heteroatoms. The largest absolute Gasteiger partial charge is 0 e. The van der Waals surface area contributed by atoms with Crippen LogP contribution in [0.5, 0.6) is 0 Å². The quantitative estimate of drug-likeness (QED) is 0.0900. The maximum absolute atomic E-state index is 9.60. The van der Waals surface area contributed by atoms with Gasteiger partial charge in [0.15, 0.2) is 0 Å². The Bertz CT molecular complexity index is 1010. The molecule has 19 nitrogen and oxygen atoms in total. The Morgan fingerprint density at radius 3 is 0.653 bits per heavy atom. The molecule has 0 aliphatic heterocycles. The molecule has 0 spiro atoms. The minimum absolute atomic E-state index is 0. The van der Waals surface area contributed by atoms with Crippen molar-refractivity contribution in [2.24, 2.45) is 0 Å². The summed E-state index contributed by atoms with van der Waals surface area (Å²) in [5.74, 6) is -9.86. The molecule has 0 rings (SSSR count). The van der Waals surface area contributed by atoms with E-state index in [1.807, 2.05) is 0 Å². The van der Waals surface area contributed by atoms with Crippen LogP contribution in [-0.4, -0.2) is 99.7 Å². The predicted molar refractivity (Wildman–Crippen MR) is 151 cm³/mol. The number of rotatable bonds is 9. The van der Waals surface area contributed by atoms with E-state index in [-0.39, 0.29) is 87.8 Å². The summed E-state index contributed by atoms with van der Waals surface area (Å²) in [6.45, 7) is 18.3. The number of allylic oxidation sites excluding steroid dienone is 1. The topological polar surface area (TPSA) is 353 Å². The standard InChI is InChI=1S/2C4H4O4.C4H6O2.C4H4O2.C4H6O2.2C3H4O2.O.4Zn/c2*5-3(6)1-2-4(7)8;2*1-3(2)4(5)6;1-2-3-4(5)6;2*1-2-3(4)5;;;;;/h2*1-2H,(H,5,6)(H,7,8);1H2,2H3,(H,5,6);1H,2H3;2-3H,1H3,(H,5,6);2*2H,1H2,(H,4,5);;;;;/p+1. The van der Waals surface area contributed by atoms with Gasteiger partial charge < -0.3 is 46.0 Å². The molecule has 0 amide bonds. The second-order valence-electron chi connectivity index (χ2n) is 6.02. The van der Waals surface area contributed by atoms with Gasteiger partial charge in [-0.3, -0.25) is 0 Å². The average Bonchev–Trinajstić information content (AvgIpc) is 2.93. The molecule has 0 aromatic rings. The summed E-state index contributed by atoms with van der Waals surface area (Å²) in [6.07, 6.45) is 6.46. The fourth-order valence-electron chi connectivity index (χ4n) is 0.428. The van der Waals surface area contributed by atoms with Crippen molar-refractivity contribution in [2.75, 3.05) is 0 Å². The van der Waals surface area contributed by atoms with Crippen molar-refractivity contribution in [3.8, 4) is 0 Å². The summed E-state index contributed by atoms with van der Waals surface area (Å²) < 4.78 is 8.38. The second kappa shape index (κ2) is 59.1. The van der Waals surface area contributed by atoms with Gasteiger partial charge in [-0.1, -0.05) is 25.8 Å². The van der Waals surface area contributed by atoms with Gasteiger partial charge in [0.1, 0.15) is 0 Å². The molecule has 0 aliphatic rings. The van der Waals surface area contributed by atoms with Gasteiger partial charge >= 0.3 is 75.6 Å². The monoisotopic (exact) mass is 905 g/mol. The first-order chi connectivity index (χ1) is 20.8. The SMILES string of the molecule is C=C(C)C(=O)O.C=CC(=O)O.C=CC(=O)O.CC=CC(=O)O.O=C(O)C=CC(=O)O.O=C(O)C=CC(=O)O.[CH+]=C(C)C(=O)O.[O]=[Zn].[Zn].[Zn].[Zn]. The Balaban J connectivity index is -0.0000000377. The molecule has 0 heterocycles. The molecule has 49 heavy (non-hydrogen) atoms. The van der Waals surface area contributed by atoms with E-state index in [0.29, 0.717) is 24.3 Å². The number of hydrogen-bond donors (Lipinski definition) is 9. The number of carbonyl (C=O) groups is 9. The summed E-state index contributed by atoms with van der Waals surface area (Å²) in [7, 11) is 0. The molecule has 0 fully saturated rings. The van der Waals surface area contributed by atoms with E-state index in [9.17, 15) is 43.2 Å². The minimum Gasteiger partial charge on any atom is 0 e. The Morgan fingerprint density at radius 1 is 0.490 bits per heavy atom. The van der Waals surface area contributed by atoms with Crippen molar-refractivity contribution >= 4 is 53.7 Å². The first-order valence-corrected chi connectivity index (χ1v) is 11.9. The smallest absolute Gasteiger partial charge is 0 e. The third-order valence-corrected chi connectivity index (χ3v) is 2.10. The van der Waals surface area contributed by atoms with Crippen LogP contribution in [0.25, 0.3) is 0 Å². The predicted octanol–water partition coefficient (Wildman–Crippen LogP) is 1.55. The Kier molecular flexibility index (Phi) is 90.6. The van der Waals surface area contributed by atoms with E-state index < -0.39 is 53.7 Å². The van der Waals surface area contributed by atoms with Crippen molar-refractivity contribution in [2.45, 2.75) is 20.8 Å². The van der Waals surface area contributed by atoms with Crippen LogP contribution < -0.4 is 0 Å². The molecule has 0 radical (unpaired) electrons. The van der Waals surface area contributed by atoms with E-state index in [2.05, 4.69) is 19.7 Å². The number of carboxylic acids is 9. The van der Waals surface area contributed by atoms with Gasteiger partial charge in [-0.25, -0.2) is 38.4 Å². The molecule has 0 aromatic heterocycles. The molecule has 0 saturated heterocycles. The molecule has 9 N–H and O–H groups in total. The van der Waals surface area contributed by atoms with Crippen molar-refractivity contribution in [1.82, 2.24) is 0 Å². The van der Waals surface area contributed by atoms with Gasteiger partial charge in [0.2, 0.25) is 5.57 Å². The van der Waals surface area contributed by atoms with Crippen LogP contribution in [0.1, 0.15) is 20.8 Å². The third-order valence-electron chi connectivity index (χ3n) is 2.10. The van der Waals surface area contributed by atoms with Crippen LogP contribution in [0, 0.1) is 6.58 Å². The van der Waals surface area contributed by atoms with Gasteiger partial charge in [0.25, 0.3) is 0 Å². The molecular weight excluding hydrogens is 878 g/mol. The van der Waals surface area contributed by atoms with Gasteiger partial charge in [0, 0.05) is 113 Å². The number of aliphatic carboxylic acids is 9. The summed E-state index contributed by atoms with van der Waals surface area (Å²) in [5, 5.41) is 70.0. The summed E-state index contributed by atoms with van der Waals surface area (Å²) >= 11 is 0.125. The van der Waals surface area contributed by atoms with Crippen LogP contribution in [0.2, 0.25) is 0 Å². The molecule has 0 aliphatic carbocycles. The number of carboxylic acid groups (broad SMARTS) is 9. The van der Waals surface area contributed by atoms with E-state index in [0.717, 1.165) is 18.2 Å². The van der Waals surface area contributed by atoms with Crippen molar-refractivity contribution in [3.05, 3.63) is 86.1 Å². The molecule has 0 saturated carbocycles. The van der Waals surface area contributed by atoms with Gasteiger partial charge in [-0.2, -0.15) is 0 Å². The fraction of sp³-hybridized carbons (Fsp3) is 0.115. The van der Waals surface area contributed by atoms with E-state index >= 15 is 0 Å². The molecular formula is C26H33O19Zn4+. The maximum Gasteiger partial charge on any atom is 0 e. The molecule has 0 atom stereocenters. The Labute approximate surface area is 328 Å². The second-order valence-corrected chi connectivity index (χ2v) is 6.02. The number of hydrogen-bond acceptors (Lipinski definition) is 10. The normalized spacial score (nSPS) is 7.51. The van der Waals surface area contributed by atoms with E-state index in [4.69, 9.17) is 56.1 Å². The summed E-state index contributed by atoms with van der Waals surface area (Å²) in [5.41, 5.74) is 0.102. The van der Waals surface area contributed by atoms with Crippen LogP contribution in [0.4, 0.5) is 0 Å². The van der Waals surface area contributed by atoms with Crippen molar-refractivity contribution in [3.63, 3.8) is 0 Å². The average molecular weight is 911 g/mol. The molecule has 0 unspecified atom stereocenters. The van der Waals surface area contributed by atoms with Crippen LogP contribution in [-0.2, 0) is 123 Å². The Morgan fingerprint density at radius 2 is 0.633 bits per heavy atom. The van der Waals surface area contributed by atoms with Crippen molar-refractivity contribution < 1.29 is 169 Å². The van der Waals surface area contributed by atoms with E-state index in [1.54, 1.807) is 6.92 Å². The van der Waals surface area contributed by atoms with Crippen molar-refractivity contribution in [1.29, 1.82) is 0 Å². The first kappa shape index (κ1) is 75.1. The Hall–Kier alpha value is -4.39. The zero-order valence-electron chi connectivity index (χ0n) is 26.8. The zero-order chi connectivity index (χ0) is 39.0. The zero-order valence-corrected chi connectivity index (χ0v) is 38.6. The van der Waals surface area contributed by atoms with Gasteiger partial charge in [-0.15, -0.1) is 4.79 Å².